The summed E-state index contributed by atoms with van der Waals surface area (Å²) >= 11 is 0. The Balaban J connectivity index is 2.97. The van der Waals surface area contributed by atoms with E-state index in [9.17, 15) is 0 Å². The van der Waals surface area contributed by atoms with E-state index >= 15 is 0 Å². The van der Waals surface area contributed by atoms with E-state index in [0.717, 1.165) is 18.8 Å². The lowest BCUT2D eigenvalue weighted by atomic mass is 10.1. The monoisotopic (exact) mass is 247 g/mol. The molecule has 98 valence electrons. The van der Waals surface area contributed by atoms with Crippen LogP contribution in [0.15, 0.2) is 41.4 Å². The molecule has 0 spiro atoms. The van der Waals surface area contributed by atoms with Crippen LogP contribution in [0.1, 0.15) is 38.7 Å². The minimum absolute atomic E-state index is 0.179. The molecule has 0 aliphatic heterocycles. The Morgan fingerprint density at radius 2 is 2.17 bits per heavy atom. The fourth-order valence-electron chi connectivity index (χ4n) is 1.46. The molecule has 1 atom stereocenters. The third-order valence-corrected chi connectivity index (χ3v) is 2.83. The van der Waals surface area contributed by atoms with Gasteiger partial charge in [-0.3, -0.25) is 0 Å². The Morgan fingerprint density at radius 1 is 1.44 bits per heavy atom. The van der Waals surface area contributed by atoms with Crippen molar-refractivity contribution >= 4 is 5.82 Å². The van der Waals surface area contributed by atoms with Gasteiger partial charge in [-0.15, -0.1) is 9.71 Å². The molecule has 0 aliphatic carbocycles. The molecule has 0 amide bonds. The van der Waals surface area contributed by atoms with E-state index in [-0.39, 0.29) is 4.59 Å². The summed E-state index contributed by atoms with van der Waals surface area (Å²) in [4.78, 5) is 4.47. The highest BCUT2D eigenvalue weighted by Crippen LogP contribution is 2.22. The van der Waals surface area contributed by atoms with Gasteiger partial charge in [0.2, 0.25) is 0 Å². The molecule has 0 bridgehead atoms. The Hall–Kier alpha value is -1.55. The van der Waals surface area contributed by atoms with E-state index in [1.165, 1.54) is 5.56 Å². The predicted molar refractivity (Wildman–Crippen MR) is 76.3 cm³/mol. The van der Waals surface area contributed by atoms with Gasteiger partial charge >= 0.3 is 0 Å². The topological polar surface area (TPSA) is 37.6 Å². The third kappa shape index (κ3) is 3.47. The zero-order chi connectivity index (χ0) is 13.6. The summed E-state index contributed by atoms with van der Waals surface area (Å²) in [6, 6.07) is 4.07. The van der Waals surface area contributed by atoms with Gasteiger partial charge in [-0.2, -0.15) is 0 Å². The number of nitrogens with zero attached hydrogens (tertiary/aromatic N) is 4. The maximum absolute atomic E-state index is 4.47. The number of rotatable bonds is 6. The maximum Gasteiger partial charge on any atom is 0.260 e. The van der Waals surface area contributed by atoms with Crippen molar-refractivity contribution in [2.75, 3.05) is 13.6 Å². The van der Waals surface area contributed by atoms with E-state index in [0.29, 0.717) is 5.92 Å². The molecule has 0 saturated carbocycles. The molecule has 0 saturated heterocycles. The first-order valence-corrected chi connectivity index (χ1v) is 6.39. The third-order valence-electron chi connectivity index (χ3n) is 2.83. The van der Waals surface area contributed by atoms with Crippen LogP contribution < -0.4 is 4.59 Å². The Bertz CT molecular complexity index is 408. The van der Waals surface area contributed by atoms with E-state index in [1.54, 1.807) is 6.20 Å². The zero-order valence-corrected chi connectivity index (χ0v) is 11.8. The Kier molecular flexibility index (Phi) is 5.16. The summed E-state index contributed by atoms with van der Waals surface area (Å²) in [6.07, 6.45) is 4.62. The van der Waals surface area contributed by atoms with Gasteiger partial charge in [0, 0.05) is 17.5 Å². The molecule has 18 heavy (non-hydrogen) atoms. The number of hydrogen-bond donors (Lipinski definition) is 0. The summed E-state index contributed by atoms with van der Waals surface area (Å²) in [6.45, 7) is 10.9. The SMILES string of the molecule is C=C[N+](C)(N=NCCC)c1ccc(C(C)C)cn1. The van der Waals surface area contributed by atoms with Crippen molar-refractivity contribution in [1.82, 2.24) is 9.58 Å². The van der Waals surface area contributed by atoms with Gasteiger partial charge < -0.3 is 0 Å². The lowest BCUT2D eigenvalue weighted by molar-refractivity contribution is 0.422. The van der Waals surface area contributed by atoms with E-state index in [4.69, 9.17) is 0 Å². The van der Waals surface area contributed by atoms with E-state index in [1.807, 2.05) is 19.3 Å². The van der Waals surface area contributed by atoms with E-state index in [2.05, 4.69) is 48.7 Å². The van der Waals surface area contributed by atoms with Gasteiger partial charge in [0.1, 0.15) is 13.2 Å². The number of quaternary nitrogens is 1. The van der Waals surface area contributed by atoms with Crippen LogP contribution in [0.2, 0.25) is 0 Å². The smallest absolute Gasteiger partial charge is 0.202 e. The molecule has 1 rings (SSSR count). The van der Waals surface area contributed by atoms with E-state index < -0.39 is 0 Å². The molecule has 4 nitrogen and oxygen atoms in total. The highest BCUT2D eigenvalue weighted by atomic mass is 15.7. The van der Waals surface area contributed by atoms with Crippen LogP contribution >= 0.6 is 0 Å². The second-order valence-electron chi connectivity index (χ2n) is 4.77. The van der Waals surface area contributed by atoms with Crippen LogP contribution in [0.5, 0.6) is 0 Å². The van der Waals surface area contributed by atoms with Gasteiger partial charge in [0.05, 0.1) is 6.54 Å². The van der Waals surface area contributed by atoms with Gasteiger partial charge in [-0.1, -0.05) is 20.8 Å². The van der Waals surface area contributed by atoms with Crippen molar-refractivity contribution in [3.05, 3.63) is 36.7 Å². The van der Waals surface area contributed by atoms with Crippen LogP contribution in [0.4, 0.5) is 5.82 Å². The average Bonchev–Trinajstić information content (AvgIpc) is 2.39. The van der Waals surface area contributed by atoms with Crippen molar-refractivity contribution in [2.45, 2.75) is 33.1 Å². The molecule has 1 aromatic heterocycles. The first-order chi connectivity index (χ1) is 8.53. The minimum atomic E-state index is 0.179. The minimum Gasteiger partial charge on any atom is -0.202 e. The summed E-state index contributed by atoms with van der Waals surface area (Å²) in [5.41, 5.74) is 1.22. The van der Waals surface area contributed by atoms with Crippen LogP contribution in [0, 0.1) is 0 Å². The fourth-order valence-corrected chi connectivity index (χ4v) is 1.46. The molecule has 0 aliphatic rings. The van der Waals surface area contributed by atoms with Crippen molar-refractivity contribution < 1.29 is 0 Å². The molecular formula is C14H23N4+. The average molecular weight is 247 g/mol. The van der Waals surface area contributed by atoms with Gasteiger partial charge in [0.15, 0.2) is 0 Å². The summed E-state index contributed by atoms with van der Waals surface area (Å²) in [7, 11) is 1.92. The Labute approximate surface area is 110 Å². The quantitative estimate of drug-likeness (QED) is 0.424. The zero-order valence-electron chi connectivity index (χ0n) is 11.8. The van der Waals surface area contributed by atoms with Crippen LogP contribution in [0.25, 0.3) is 0 Å². The first-order valence-electron chi connectivity index (χ1n) is 6.39. The number of pyridine rings is 1. The largest absolute Gasteiger partial charge is 0.260 e. The van der Waals surface area contributed by atoms with Crippen LogP contribution in [-0.4, -0.2) is 18.6 Å². The highest BCUT2D eigenvalue weighted by Gasteiger charge is 2.24. The first kappa shape index (κ1) is 14.5. The fraction of sp³-hybridized carbons (Fsp3) is 0.500. The van der Waals surface area contributed by atoms with Crippen LogP contribution in [-0.2, 0) is 0 Å². The summed E-state index contributed by atoms with van der Waals surface area (Å²) in [5, 5.41) is 8.44. The number of aromatic nitrogens is 1. The second kappa shape index (κ2) is 6.40. The molecule has 1 unspecified atom stereocenters. The molecule has 1 heterocycles. The van der Waals surface area contributed by atoms with Crippen molar-refractivity contribution in [3.63, 3.8) is 0 Å². The van der Waals surface area contributed by atoms with Gasteiger partial charge in [0.25, 0.3) is 5.82 Å². The maximum atomic E-state index is 4.47. The molecule has 0 aromatic carbocycles. The molecule has 0 N–H and O–H groups in total. The normalized spacial score (nSPS) is 14.9. The highest BCUT2D eigenvalue weighted by molar-refractivity contribution is 5.36. The van der Waals surface area contributed by atoms with Crippen molar-refractivity contribution in [1.29, 1.82) is 0 Å². The standard InChI is InChI=1S/C14H23N4/c1-6-10-16-17-18(5,7-2)14-9-8-13(11-15-14)12(3)4/h7-9,11-12H,2,6,10H2,1,3-5H3/q+1. The van der Waals surface area contributed by atoms with Crippen molar-refractivity contribution in [3.8, 4) is 0 Å². The van der Waals surface area contributed by atoms with Gasteiger partial charge in [-0.25, -0.2) is 4.98 Å². The lowest BCUT2D eigenvalue weighted by Gasteiger charge is -2.19. The molecule has 1 aromatic rings. The van der Waals surface area contributed by atoms with Crippen molar-refractivity contribution in [2.24, 2.45) is 10.3 Å². The van der Waals surface area contributed by atoms with Crippen LogP contribution in [0.3, 0.4) is 0 Å². The van der Waals surface area contributed by atoms with Gasteiger partial charge in [-0.05, 0) is 30.5 Å². The second-order valence-corrected chi connectivity index (χ2v) is 4.77. The Morgan fingerprint density at radius 3 is 2.61 bits per heavy atom. The predicted octanol–water partition coefficient (Wildman–Crippen LogP) is 4.06. The number of hydrogen-bond acceptors (Lipinski definition) is 3. The molecule has 4 heteroatoms. The summed E-state index contributed by atoms with van der Waals surface area (Å²) < 4.78 is 0.179. The molecule has 0 radical (unpaired) electrons. The molecular weight excluding hydrogens is 224 g/mol. The molecule has 0 fully saturated rings. The lowest BCUT2D eigenvalue weighted by Crippen LogP contribution is -2.32. The summed E-state index contributed by atoms with van der Waals surface area (Å²) in [5.74, 6) is 1.31.